The van der Waals surface area contributed by atoms with E-state index in [-0.39, 0.29) is 0 Å². The molecular weight excluding hydrogens is 352 g/mol. The van der Waals surface area contributed by atoms with Crippen molar-refractivity contribution in [3.8, 4) is 23.0 Å². The zero-order valence-electron chi connectivity index (χ0n) is 15.1. The molecule has 6 nitrogen and oxygen atoms in total. The topological polar surface area (TPSA) is 123 Å². The summed E-state index contributed by atoms with van der Waals surface area (Å²) < 4.78 is 11.9. The molecule has 0 fully saturated rings. The summed E-state index contributed by atoms with van der Waals surface area (Å²) in [4.78, 5) is 0. The van der Waals surface area contributed by atoms with E-state index in [2.05, 4.69) is 0 Å². The number of hydrogen-bond acceptors (Lipinski definition) is 6. The molecule has 0 amide bonds. The molecule has 0 radical (unpaired) electrons. The third kappa shape index (κ3) is 3.43. The fourth-order valence-electron chi connectivity index (χ4n) is 2.95. The molecular formula is C22H20N4O2. The van der Waals surface area contributed by atoms with Gasteiger partial charge < -0.3 is 32.4 Å². The third-order valence-electron chi connectivity index (χ3n) is 4.33. The summed E-state index contributed by atoms with van der Waals surface area (Å²) in [6.45, 7) is 0. The number of rotatable bonds is 4. The van der Waals surface area contributed by atoms with E-state index in [1.165, 1.54) is 0 Å². The fourth-order valence-corrected chi connectivity index (χ4v) is 2.95. The number of fused-ring (bicyclic) bond motifs is 1. The van der Waals surface area contributed by atoms with Crippen LogP contribution in [0.5, 0.6) is 23.0 Å². The summed E-state index contributed by atoms with van der Waals surface area (Å²) in [5.74, 6) is 2.45. The van der Waals surface area contributed by atoms with Gasteiger partial charge in [-0.2, -0.15) is 0 Å². The monoisotopic (exact) mass is 372 g/mol. The van der Waals surface area contributed by atoms with E-state index >= 15 is 0 Å². The lowest BCUT2D eigenvalue weighted by Gasteiger charge is -2.13. The van der Waals surface area contributed by atoms with Gasteiger partial charge in [0.15, 0.2) is 0 Å². The lowest BCUT2D eigenvalue weighted by Crippen LogP contribution is -1.95. The number of hydrogen-bond donors (Lipinski definition) is 4. The van der Waals surface area contributed by atoms with E-state index in [1.807, 2.05) is 36.4 Å². The Kier molecular flexibility index (Phi) is 4.29. The Balaban J connectivity index is 1.66. The Labute approximate surface area is 162 Å². The normalized spacial score (nSPS) is 10.7. The molecule has 4 rings (SSSR count). The minimum absolute atomic E-state index is 0.482. The van der Waals surface area contributed by atoms with Crippen LogP contribution in [0.15, 0.2) is 72.8 Å². The quantitative estimate of drug-likeness (QED) is 0.383. The van der Waals surface area contributed by atoms with Crippen molar-refractivity contribution >= 4 is 33.5 Å². The van der Waals surface area contributed by atoms with E-state index < -0.39 is 0 Å². The van der Waals surface area contributed by atoms with Gasteiger partial charge >= 0.3 is 0 Å². The van der Waals surface area contributed by atoms with Gasteiger partial charge in [-0.1, -0.05) is 12.1 Å². The molecule has 0 aliphatic heterocycles. The zero-order chi connectivity index (χ0) is 19.7. The van der Waals surface area contributed by atoms with Crippen molar-refractivity contribution in [1.82, 2.24) is 0 Å². The van der Waals surface area contributed by atoms with E-state index in [0.717, 1.165) is 10.8 Å². The first kappa shape index (κ1) is 17.4. The average Bonchev–Trinajstić information content (AvgIpc) is 2.66. The molecule has 0 aliphatic carbocycles. The molecule has 140 valence electrons. The number of anilines is 4. The van der Waals surface area contributed by atoms with Gasteiger partial charge in [0.1, 0.15) is 23.0 Å². The van der Waals surface area contributed by atoms with Crippen molar-refractivity contribution in [1.29, 1.82) is 0 Å². The fraction of sp³-hybridized carbons (Fsp3) is 0. The van der Waals surface area contributed by atoms with Crippen molar-refractivity contribution in [3.63, 3.8) is 0 Å². The minimum atomic E-state index is 0.482. The molecule has 0 saturated heterocycles. The molecule has 0 aliphatic rings. The van der Waals surface area contributed by atoms with E-state index in [1.54, 1.807) is 36.4 Å². The minimum Gasteiger partial charge on any atom is -0.455 e. The Morgan fingerprint density at radius 2 is 1.18 bits per heavy atom. The van der Waals surface area contributed by atoms with Crippen molar-refractivity contribution in [3.05, 3.63) is 72.8 Å². The van der Waals surface area contributed by atoms with Crippen LogP contribution in [0.3, 0.4) is 0 Å². The Hall–Kier alpha value is -4.06. The van der Waals surface area contributed by atoms with Gasteiger partial charge in [0.05, 0.1) is 11.4 Å². The van der Waals surface area contributed by atoms with Crippen LogP contribution >= 0.6 is 0 Å². The number of nitrogens with two attached hydrogens (primary N) is 4. The molecule has 0 aromatic heterocycles. The van der Waals surface area contributed by atoms with Gasteiger partial charge in [-0.25, -0.2) is 0 Å². The Bertz CT molecular complexity index is 1170. The van der Waals surface area contributed by atoms with Gasteiger partial charge in [0.25, 0.3) is 0 Å². The summed E-state index contributed by atoms with van der Waals surface area (Å²) in [6.07, 6.45) is 0. The number of ether oxygens (including phenoxy) is 2. The molecule has 28 heavy (non-hydrogen) atoms. The average molecular weight is 372 g/mol. The molecule has 0 bridgehead atoms. The van der Waals surface area contributed by atoms with Crippen molar-refractivity contribution < 1.29 is 9.47 Å². The molecule has 6 heteroatoms. The molecule has 0 spiro atoms. The molecule has 8 N–H and O–H groups in total. The van der Waals surface area contributed by atoms with Crippen LogP contribution in [-0.4, -0.2) is 0 Å². The lowest BCUT2D eigenvalue weighted by molar-refractivity contribution is 0.484. The lowest BCUT2D eigenvalue weighted by atomic mass is 10.1. The maximum Gasteiger partial charge on any atom is 0.150 e. The molecule has 4 aromatic carbocycles. The zero-order valence-corrected chi connectivity index (χ0v) is 15.1. The summed E-state index contributed by atoms with van der Waals surface area (Å²) in [5.41, 5.74) is 25.6. The first-order valence-corrected chi connectivity index (χ1v) is 8.68. The number of nitrogen functional groups attached to an aromatic ring is 4. The third-order valence-corrected chi connectivity index (χ3v) is 4.33. The van der Waals surface area contributed by atoms with Crippen LogP contribution in [-0.2, 0) is 0 Å². The molecule has 0 atom stereocenters. The van der Waals surface area contributed by atoms with Crippen LogP contribution in [0, 0.1) is 0 Å². The van der Waals surface area contributed by atoms with Crippen molar-refractivity contribution in [2.24, 2.45) is 0 Å². The molecule has 0 unspecified atom stereocenters. The summed E-state index contributed by atoms with van der Waals surface area (Å²) in [6, 6.07) is 21.8. The van der Waals surface area contributed by atoms with E-state index in [0.29, 0.717) is 45.7 Å². The SMILES string of the molecule is Nc1ccc(Oc2ccc3c(Oc4ccc(N)cc4N)cccc3c2)c(N)c1. The van der Waals surface area contributed by atoms with Crippen molar-refractivity contribution in [2.45, 2.75) is 0 Å². The molecule has 0 heterocycles. The van der Waals surface area contributed by atoms with Gasteiger partial charge in [-0.05, 0) is 66.0 Å². The van der Waals surface area contributed by atoms with Gasteiger partial charge in [0, 0.05) is 16.8 Å². The van der Waals surface area contributed by atoms with Gasteiger partial charge in [0.2, 0.25) is 0 Å². The van der Waals surface area contributed by atoms with Crippen LogP contribution in [0.1, 0.15) is 0 Å². The van der Waals surface area contributed by atoms with Crippen molar-refractivity contribution in [2.75, 3.05) is 22.9 Å². The largest absolute Gasteiger partial charge is 0.455 e. The number of benzene rings is 4. The summed E-state index contributed by atoms with van der Waals surface area (Å²) in [5, 5.41) is 1.88. The first-order chi connectivity index (χ1) is 13.5. The molecule has 0 saturated carbocycles. The predicted octanol–water partition coefficient (Wildman–Crippen LogP) is 4.75. The maximum atomic E-state index is 6.01. The van der Waals surface area contributed by atoms with Gasteiger partial charge in [-0.3, -0.25) is 0 Å². The second kappa shape index (κ2) is 6.92. The van der Waals surface area contributed by atoms with Gasteiger partial charge in [-0.15, -0.1) is 0 Å². The second-order valence-corrected chi connectivity index (χ2v) is 6.44. The summed E-state index contributed by atoms with van der Waals surface area (Å²) >= 11 is 0. The van der Waals surface area contributed by atoms with Crippen LogP contribution in [0.25, 0.3) is 10.8 Å². The highest BCUT2D eigenvalue weighted by Gasteiger charge is 2.09. The highest BCUT2D eigenvalue weighted by molar-refractivity contribution is 5.90. The first-order valence-electron chi connectivity index (χ1n) is 8.68. The van der Waals surface area contributed by atoms with E-state index in [9.17, 15) is 0 Å². The predicted molar refractivity (Wildman–Crippen MR) is 115 cm³/mol. The van der Waals surface area contributed by atoms with E-state index in [4.69, 9.17) is 32.4 Å². The molecule has 4 aromatic rings. The summed E-state index contributed by atoms with van der Waals surface area (Å²) in [7, 11) is 0. The highest BCUT2D eigenvalue weighted by Crippen LogP contribution is 2.36. The highest BCUT2D eigenvalue weighted by atomic mass is 16.5. The van der Waals surface area contributed by atoms with Crippen LogP contribution < -0.4 is 32.4 Å². The van der Waals surface area contributed by atoms with Crippen LogP contribution in [0.2, 0.25) is 0 Å². The Morgan fingerprint density at radius 1 is 0.536 bits per heavy atom. The Morgan fingerprint density at radius 3 is 1.82 bits per heavy atom. The smallest absolute Gasteiger partial charge is 0.150 e. The second-order valence-electron chi connectivity index (χ2n) is 6.44. The standard InChI is InChI=1S/C22H20N4O2/c23-14-4-8-21(18(25)11-14)27-16-6-7-17-13(10-16)2-1-3-20(17)28-22-9-5-15(24)12-19(22)26/h1-12H,23-26H2. The van der Waals surface area contributed by atoms with Crippen LogP contribution in [0.4, 0.5) is 22.7 Å². The maximum absolute atomic E-state index is 6.01.